The van der Waals surface area contributed by atoms with Crippen molar-refractivity contribution in [3.05, 3.63) is 46.6 Å². The number of aromatic nitrogens is 2. The number of aliphatic hydroxyl groups excluding tert-OH is 1. The van der Waals surface area contributed by atoms with Gasteiger partial charge in [0, 0.05) is 30.9 Å². The summed E-state index contributed by atoms with van der Waals surface area (Å²) < 4.78 is 0. The van der Waals surface area contributed by atoms with Gasteiger partial charge in [0.25, 0.3) is 0 Å². The highest BCUT2D eigenvalue weighted by Crippen LogP contribution is 2.26. The second-order valence-electron chi connectivity index (χ2n) is 6.87. The Hall–Kier alpha value is -2.14. The molecule has 0 saturated carbocycles. The van der Waals surface area contributed by atoms with Gasteiger partial charge in [-0.3, -0.25) is 0 Å². The van der Waals surface area contributed by atoms with Crippen molar-refractivity contribution in [1.29, 1.82) is 0 Å². The van der Waals surface area contributed by atoms with Crippen molar-refractivity contribution < 1.29 is 5.11 Å². The molecular formula is C19H26N4O. The molecule has 0 aliphatic carbocycles. The molecule has 24 heavy (non-hydrogen) atoms. The van der Waals surface area contributed by atoms with E-state index in [0.29, 0.717) is 12.0 Å². The molecule has 1 aliphatic rings. The van der Waals surface area contributed by atoms with E-state index in [9.17, 15) is 5.11 Å². The zero-order valence-electron chi connectivity index (χ0n) is 14.9. The molecule has 3 rings (SSSR count). The van der Waals surface area contributed by atoms with Crippen LogP contribution < -0.4 is 10.2 Å². The van der Waals surface area contributed by atoms with Crippen molar-refractivity contribution in [3.63, 3.8) is 0 Å². The summed E-state index contributed by atoms with van der Waals surface area (Å²) in [5, 5.41) is 13.0. The van der Waals surface area contributed by atoms with Crippen LogP contribution in [0.25, 0.3) is 0 Å². The van der Waals surface area contributed by atoms with Crippen LogP contribution in [0.5, 0.6) is 0 Å². The topological polar surface area (TPSA) is 61.3 Å². The van der Waals surface area contributed by atoms with Crippen molar-refractivity contribution in [1.82, 2.24) is 9.97 Å². The number of aliphatic hydroxyl groups is 1. The smallest absolute Gasteiger partial charge is 0.225 e. The quantitative estimate of drug-likeness (QED) is 0.903. The SMILES string of the molecule is Cc1cc(N2CCc3cc([C@@H](C)O)ccc3C2)nc(NC(C)C)n1. The largest absolute Gasteiger partial charge is 0.389 e. The molecule has 0 spiro atoms. The number of aryl methyl sites for hydroxylation is 1. The zero-order valence-corrected chi connectivity index (χ0v) is 14.9. The van der Waals surface area contributed by atoms with E-state index in [0.717, 1.165) is 36.6 Å². The molecule has 2 heterocycles. The number of rotatable bonds is 4. The van der Waals surface area contributed by atoms with Crippen LogP contribution in [-0.2, 0) is 13.0 Å². The number of hydrogen-bond acceptors (Lipinski definition) is 5. The van der Waals surface area contributed by atoms with Crippen LogP contribution in [0.1, 0.15) is 49.3 Å². The van der Waals surface area contributed by atoms with Crippen LogP contribution in [0, 0.1) is 6.92 Å². The van der Waals surface area contributed by atoms with E-state index in [-0.39, 0.29) is 0 Å². The fourth-order valence-corrected chi connectivity index (χ4v) is 3.07. The van der Waals surface area contributed by atoms with E-state index in [2.05, 4.69) is 46.2 Å². The summed E-state index contributed by atoms with van der Waals surface area (Å²) in [4.78, 5) is 11.4. The van der Waals surface area contributed by atoms with Gasteiger partial charge in [0.2, 0.25) is 5.95 Å². The highest BCUT2D eigenvalue weighted by Gasteiger charge is 2.19. The van der Waals surface area contributed by atoms with Crippen LogP contribution in [-0.4, -0.2) is 27.7 Å². The van der Waals surface area contributed by atoms with Crippen LogP contribution in [0.15, 0.2) is 24.3 Å². The number of nitrogens with one attached hydrogen (secondary N) is 1. The van der Waals surface area contributed by atoms with Crippen molar-refractivity contribution in [3.8, 4) is 0 Å². The molecule has 1 aromatic carbocycles. The molecule has 1 aliphatic heterocycles. The van der Waals surface area contributed by atoms with Gasteiger partial charge in [-0.1, -0.05) is 18.2 Å². The lowest BCUT2D eigenvalue weighted by atomic mass is 9.96. The molecule has 2 N–H and O–H groups in total. The van der Waals surface area contributed by atoms with Gasteiger partial charge in [-0.25, -0.2) is 4.98 Å². The Morgan fingerprint density at radius 2 is 1.92 bits per heavy atom. The molecule has 0 saturated heterocycles. The molecule has 0 fully saturated rings. The van der Waals surface area contributed by atoms with Gasteiger partial charge < -0.3 is 15.3 Å². The molecule has 1 aromatic heterocycles. The first-order valence-electron chi connectivity index (χ1n) is 8.59. The average molecular weight is 326 g/mol. The van der Waals surface area contributed by atoms with Crippen molar-refractivity contribution in [2.24, 2.45) is 0 Å². The monoisotopic (exact) mass is 326 g/mol. The Balaban J connectivity index is 1.84. The average Bonchev–Trinajstić information content (AvgIpc) is 2.52. The highest BCUT2D eigenvalue weighted by molar-refractivity contribution is 5.48. The number of hydrogen-bond donors (Lipinski definition) is 2. The van der Waals surface area contributed by atoms with Crippen LogP contribution in [0.2, 0.25) is 0 Å². The first-order valence-corrected chi connectivity index (χ1v) is 8.59. The Morgan fingerprint density at radius 1 is 1.12 bits per heavy atom. The molecule has 128 valence electrons. The number of nitrogens with zero attached hydrogens (tertiary/aromatic N) is 3. The fraction of sp³-hybridized carbons (Fsp3) is 0.474. The molecule has 0 bridgehead atoms. The van der Waals surface area contributed by atoms with Gasteiger partial charge in [-0.15, -0.1) is 0 Å². The summed E-state index contributed by atoms with van der Waals surface area (Å²) in [6.45, 7) is 9.75. The van der Waals surface area contributed by atoms with Crippen LogP contribution in [0.4, 0.5) is 11.8 Å². The van der Waals surface area contributed by atoms with E-state index in [4.69, 9.17) is 0 Å². The number of anilines is 2. The minimum Gasteiger partial charge on any atom is -0.389 e. The molecule has 0 unspecified atom stereocenters. The van der Waals surface area contributed by atoms with Gasteiger partial charge >= 0.3 is 0 Å². The minimum atomic E-state index is -0.414. The van der Waals surface area contributed by atoms with Gasteiger partial charge in [-0.05, 0) is 50.8 Å². The van der Waals surface area contributed by atoms with Crippen LogP contribution in [0.3, 0.4) is 0 Å². The first kappa shape index (κ1) is 16.7. The predicted molar refractivity (Wildman–Crippen MR) is 97.4 cm³/mol. The Morgan fingerprint density at radius 3 is 2.62 bits per heavy atom. The molecule has 0 radical (unpaired) electrons. The van der Waals surface area contributed by atoms with E-state index in [1.54, 1.807) is 0 Å². The third kappa shape index (κ3) is 3.67. The lowest BCUT2D eigenvalue weighted by Crippen LogP contribution is -2.31. The van der Waals surface area contributed by atoms with Gasteiger partial charge in [0.05, 0.1) is 6.10 Å². The van der Waals surface area contributed by atoms with Crippen LogP contribution >= 0.6 is 0 Å². The summed E-state index contributed by atoms with van der Waals surface area (Å²) in [6.07, 6.45) is 0.550. The maximum atomic E-state index is 9.75. The number of benzene rings is 1. The molecular weight excluding hydrogens is 300 g/mol. The minimum absolute atomic E-state index is 0.306. The third-order valence-electron chi connectivity index (χ3n) is 4.31. The third-order valence-corrected chi connectivity index (χ3v) is 4.31. The highest BCUT2D eigenvalue weighted by atomic mass is 16.3. The Kier molecular flexibility index (Phi) is 4.71. The Labute approximate surface area is 143 Å². The summed E-state index contributed by atoms with van der Waals surface area (Å²) >= 11 is 0. The molecule has 0 amide bonds. The van der Waals surface area contributed by atoms with E-state index in [1.165, 1.54) is 11.1 Å². The maximum Gasteiger partial charge on any atom is 0.225 e. The van der Waals surface area contributed by atoms with E-state index < -0.39 is 6.10 Å². The van der Waals surface area contributed by atoms with Crippen molar-refractivity contribution in [2.45, 2.75) is 52.8 Å². The maximum absolute atomic E-state index is 9.75. The van der Waals surface area contributed by atoms with Crippen molar-refractivity contribution >= 4 is 11.8 Å². The normalized spacial score (nSPS) is 15.3. The first-order chi connectivity index (χ1) is 11.4. The summed E-state index contributed by atoms with van der Waals surface area (Å²) in [6, 6.07) is 8.63. The van der Waals surface area contributed by atoms with E-state index >= 15 is 0 Å². The second-order valence-corrected chi connectivity index (χ2v) is 6.87. The summed E-state index contributed by atoms with van der Waals surface area (Å²) in [5.41, 5.74) is 4.60. The van der Waals surface area contributed by atoms with Gasteiger partial charge in [-0.2, -0.15) is 4.98 Å². The lowest BCUT2D eigenvalue weighted by Gasteiger charge is -2.30. The Bertz CT molecular complexity index is 727. The van der Waals surface area contributed by atoms with Gasteiger partial charge in [0.1, 0.15) is 5.82 Å². The molecule has 2 aromatic rings. The van der Waals surface area contributed by atoms with Crippen molar-refractivity contribution in [2.75, 3.05) is 16.8 Å². The van der Waals surface area contributed by atoms with Gasteiger partial charge in [0.15, 0.2) is 0 Å². The molecule has 1 atom stereocenters. The molecule has 5 nitrogen and oxygen atoms in total. The fourth-order valence-electron chi connectivity index (χ4n) is 3.07. The van der Waals surface area contributed by atoms with E-state index in [1.807, 2.05) is 26.0 Å². The summed E-state index contributed by atoms with van der Waals surface area (Å²) in [7, 11) is 0. The second kappa shape index (κ2) is 6.77. The number of fused-ring (bicyclic) bond motifs is 1. The predicted octanol–water partition coefficient (Wildman–Crippen LogP) is 3.22. The standard InChI is InChI=1S/C19H26N4O/c1-12(2)20-19-21-13(3)9-18(22-19)23-8-7-16-10-15(14(4)24)5-6-17(16)11-23/h5-6,9-10,12,14,24H,7-8,11H2,1-4H3,(H,20,21,22)/t14-/m1/s1. The lowest BCUT2D eigenvalue weighted by molar-refractivity contribution is 0.199. The molecule has 5 heteroatoms. The zero-order chi connectivity index (χ0) is 17.3. The summed E-state index contributed by atoms with van der Waals surface area (Å²) in [5.74, 6) is 1.66.